The Morgan fingerprint density at radius 1 is 1.56 bits per heavy atom. The van der Waals surface area contributed by atoms with E-state index in [1.54, 1.807) is 11.9 Å². The molecule has 2 unspecified atom stereocenters. The number of nitrogens with zero attached hydrogens (tertiary/aromatic N) is 1. The third kappa shape index (κ3) is 3.40. The number of carbonyl (C=O) groups is 2. The van der Waals surface area contributed by atoms with E-state index in [1.807, 2.05) is 13.8 Å². The summed E-state index contributed by atoms with van der Waals surface area (Å²) in [5, 5.41) is 2.67. The van der Waals surface area contributed by atoms with Crippen molar-refractivity contribution in [1.29, 1.82) is 0 Å². The Bertz CT molecular complexity index is 281. The van der Waals surface area contributed by atoms with Crippen LogP contribution in [0.2, 0.25) is 0 Å². The molecular weight excluding hydrogens is 224 g/mol. The zero-order valence-corrected chi connectivity index (χ0v) is 11.0. The van der Waals surface area contributed by atoms with E-state index in [4.69, 9.17) is 0 Å². The molecule has 1 saturated heterocycles. The lowest BCUT2D eigenvalue weighted by Gasteiger charge is -2.31. The van der Waals surface area contributed by atoms with Gasteiger partial charge in [-0.05, 0) is 12.3 Å². The van der Waals surface area contributed by atoms with Crippen molar-refractivity contribution >= 4 is 24.4 Å². The molecule has 0 bridgehead atoms. The Morgan fingerprint density at radius 3 is 2.69 bits per heavy atom. The van der Waals surface area contributed by atoms with Crippen molar-refractivity contribution in [3.63, 3.8) is 0 Å². The summed E-state index contributed by atoms with van der Waals surface area (Å²) >= 11 is 4.27. The van der Waals surface area contributed by atoms with Crippen LogP contribution in [0.3, 0.4) is 0 Å². The number of carbonyl (C=O) groups excluding carboxylic acids is 2. The van der Waals surface area contributed by atoms with Crippen LogP contribution in [0.5, 0.6) is 0 Å². The highest BCUT2D eigenvalue weighted by molar-refractivity contribution is 7.81. The fourth-order valence-corrected chi connectivity index (χ4v) is 1.79. The third-order valence-electron chi connectivity index (χ3n) is 2.87. The molecule has 0 aromatic heterocycles. The molecule has 1 rings (SSSR count). The van der Waals surface area contributed by atoms with Gasteiger partial charge in [-0.1, -0.05) is 13.8 Å². The predicted molar refractivity (Wildman–Crippen MR) is 66.4 cm³/mol. The Balaban J connectivity index is 2.43. The molecule has 2 amide bonds. The van der Waals surface area contributed by atoms with Crippen LogP contribution in [-0.4, -0.2) is 41.6 Å². The first kappa shape index (κ1) is 13.4. The zero-order chi connectivity index (χ0) is 12.3. The monoisotopic (exact) mass is 244 g/mol. The summed E-state index contributed by atoms with van der Waals surface area (Å²) in [6, 6.07) is 0.0728. The number of rotatable bonds is 3. The Morgan fingerprint density at radius 2 is 2.19 bits per heavy atom. The Kier molecular flexibility index (Phi) is 4.65. The van der Waals surface area contributed by atoms with Crippen LogP contribution in [0.25, 0.3) is 0 Å². The maximum atomic E-state index is 11.7. The van der Waals surface area contributed by atoms with Crippen molar-refractivity contribution in [1.82, 2.24) is 10.2 Å². The van der Waals surface area contributed by atoms with Gasteiger partial charge in [0.15, 0.2) is 0 Å². The maximum Gasteiger partial charge on any atom is 0.233 e. The van der Waals surface area contributed by atoms with E-state index in [0.717, 1.165) is 6.42 Å². The standard InChI is InChI=1S/C11H20N2O2S/c1-7(2)10(16)11(15)12-8-4-5-9(14)13(3)6-8/h7-8,10,16H,4-6H2,1-3H3,(H,12,15). The van der Waals surface area contributed by atoms with Gasteiger partial charge in [-0.15, -0.1) is 0 Å². The molecule has 5 heteroatoms. The summed E-state index contributed by atoms with van der Waals surface area (Å²) < 4.78 is 0. The fraction of sp³-hybridized carbons (Fsp3) is 0.818. The van der Waals surface area contributed by atoms with Gasteiger partial charge in [0, 0.05) is 26.1 Å². The van der Waals surface area contributed by atoms with Crippen molar-refractivity contribution in [3.8, 4) is 0 Å². The smallest absolute Gasteiger partial charge is 0.233 e. The molecule has 1 heterocycles. The molecule has 0 spiro atoms. The molecule has 0 aromatic carbocycles. The molecule has 0 saturated carbocycles. The number of amides is 2. The lowest BCUT2D eigenvalue weighted by molar-refractivity contribution is -0.134. The van der Waals surface area contributed by atoms with E-state index in [2.05, 4.69) is 17.9 Å². The van der Waals surface area contributed by atoms with Crippen LogP contribution < -0.4 is 5.32 Å². The molecule has 4 nitrogen and oxygen atoms in total. The van der Waals surface area contributed by atoms with Gasteiger partial charge in [-0.2, -0.15) is 12.6 Å². The number of nitrogens with one attached hydrogen (secondary N) is 1. The first-order chi connectivity index (χ1) is 7.41. The molecular formula is C11H20N2O2S. The fourth-order valence-electron chi connectivity index (χ4n) is 1.72. The van der Waals surface area contributed by atoms with Gasteiger partial charge in [-0.3, -0.25) is 9.59 Å². The molecule has 0 aliphatic carbocycles. The average molecular weight is 244 g/mol. The third-order valence-corrected chi connectivity index (χ3v) is 3.70. The summed E-state index contributed by atoms with van der Waals surface area (Å²) in [6.07, 6.45) is 1.24. The first-order valence-corrected chi connectivity index (χ1v) is 6.16. The van der Waals surface area contributed by atoms with Gasteiger partial charge in [0.2, 0.25) is 11.8 Å². The van der Waals surface area contributed by atoms with E-state index < -0.39 is 0 Å². The minimum atomic E-state index is -0.275. The van der Waals surface area contributed by atoms with Crippen molar-refractivity contribution in [2.75, 3.05) is 13.6 Å². The van der Waals surface area contributed by atoms with Gasteiger partial charge >= 0.3 is 0 Å². The molecule has 92 valence electrons. The topological polar surface area (TPSA) is 49.4 Å². The van der Waals surface area contributed by atoms with Crippen LogP contribution in [0.15, 0.2) is 0 Å². The predicted octanol–water partition coefficient (Wildman–Crippen LogP) is 0.678. The molecule has 0 aromatic rings. The van der Waals surface area contributed by atoms with E-state index >= 15 is 0 Å². The number of piperidine rings is 1. The average Bonchev–Trinajstić information content (AvgIpc) is 2.22. The number of hydrogen-bond donors (Lipinski definition) is 2. The normalized spacial score (nSPS) is 23.4. The van der Waals surface area contributed by atoms with Crippen molar-refractivity contribution in [3.05, 3.63) is 0 Å². The number of likely N-dealkylation sites (N-methyl/N-ethyl adjacent to an activating group) is 1. The van der Waals surface area contributed by atoms with Crippen LogP contribution in [0.4, 0.5) is 0 Å². The highest BCUT2D eigenvalue weighted by Gasteiger charge is 2.26. The van der Waals surface area contributed by atoms with Crippen LogP contribution in [-0.2, 0) is 9.59 Å². The largest absolute Gasteiger partial charge is 0.351 e. The molecule has 1 fully saturated rings. The maximum absolute atomic E-state index is 11.7. The highest BCUT2D eigenvalue weighted by atomic mass is 32.1. The number of thiol groups is 1. The van der Waals surface area contributed by atoms with Gasteiger partial charge in [0.1, 0.15) is 0 Å². The summed E-state index contributed by atoms with van der Waals surface area (Å²) in [4.78, 5) is 24.7. The lowest BCUT2D eigenvalue weighted by atomic mass is 10.0. The molecule has 2 atom stereocenters. The molecule has 0 radical (unpaired) electrons. The summed E-state index contributed by atoms with van der Waals surface area (Å²) in [5.74, 6) is 0.328. The highest BCUT2D eigenvalue weighted by Crippen LogP contribution is 2.13. The molecule has 16 heavy (non-hydrogen) atoms. The second-order valence-corrected chi connectivity index (χ2v) is 5.26. The van der Waals surface area contributed by atoms with Crippen molar-refractivity contribution in [2.45, 2.75) is 38.0 Å². The Labute approximate surface area is 102 Å². The number of hydrogen-bond acceptors (Lipinski definition) is 3. The summed E-state index contributed by atoms with van der Waals surface area (Å²) in [6.45, 7) is 4.53. The minimum absolute atomic E-state index is 0.0360. The Hall–Kier alpha value is -0.710. The van der Waals surface area contributed by atoms with Gasteiger partial charge in [0.25, 0.3) is 0 Å². The number of likely N-dealkylation sites (tertiary alicyclic amines) is 1. The second-order valence-electron chi connectivity index (χ2n) is 4.71. The quantitative estimate of drug-likeness (QED) is 0.717. The second kappa shape index (κ2) is 5.57. The van der Waals surface area contributed by atoms with Crippen LogP contribution in [0.1, 0.15) is 26.7 Å². The van der Waals surface area contributed by atoms with Crippen LogP contribution >= 0.6 is 12.6 Å². The van der Waals surface area contributed by atoms with Crippen molar-refractivity contribution in [2.24, 2.45) is 5.92 Å². The molecule has 1 N–H and O–H groups in total. The summed E-state index contributed by atoms with van der Waals surface area (Å²) in [5.41, 5.74) is 0. The zero-order valence-electron chi connectivity index (χ0n) is 10.1. The van der Waals surface area contributed by atoms with Gasteiger partial charge < -0.3 is 10.2 Å². The van der Waals surface area contributed by atoms with Crippen LogP contribution in [0, 0.1) is 5.92 Å². The minimum Gasteiger partial charge on any atom is -0.351 e. The SMILES string of the molecule is CC(C)C(S)C(=O)NC1CCC(=O)N(C)C1. The van der Waals surface area contributed by atoms with E-state index in [9.17, 15) is 9.59 Å². The van der Waals surface area contributed by atoms with Gasteiger partial charge in [0.05, 0.1) is 5.25 Å². The molecule has 1 aliphatic rings. The lowest BCUT2D eigenvalue weighted by Crippen LogP contribution is -2.50. The van der Waals surface area contributed by atoms with Crippen molar-refractivity contribution < 1.29 is 9.59 Å². The molecule has 1 aliphatic heterocycles. The van der Waals surface area contributed by atoms with E-state index in [0.29, 0.717) is 13.0 Å². The summed E-state index contributed by atoms with van der Waals surface area (Å²) in [7, 11) is 1.77. The van der Waals surface area contributed by atoms with Gasteiger partial charge in [-0.25, -0.2) is 0 Å². The van der Waals surface area contributed by atoms with E-state index in [1.165, 1.54) is 0 Å². The first-order valence-electron chi connectivity index (χ1n) is 5.64. The van der Waals surface area contributed by atoms with E-state index in [-0.39, 0.29) is 29.0 Å².